The molecule has 21 heavy (non-hydrogen) atoms. The molecule has 2 aromatic rings. The number of nitrogens with zero attached hydrogens (tertiary/aromatic N) is 1. The van der Waals surface area contributed by atoms with Crippen LogP contribution >= 0.6 is 0 Å². The Bertz CT molecular complexity index is 564. The van der Waals surface area contributed by atoms with Gasteiger partial charge in [0.2, 0.25) is 0 Å². The Kier molecular flexibility index (Phi) is 5.28. The topological polar surface area (TPSA) is 23.5 Å². The van der Waals surface area contributed by atoms with Crippen LogP contribution in [0.4, 0.5) is 20.2 Å². The number of anilines is 2. The molecule has 0 aliphatic heterocycles. The summed E-state index contributed by atoms with van der Waals surface area (Å²) in [6.45, 7) is 2.19. The van der Waals surface area contributed by atoms with E-state index in [2.05, 4.69) is 0 Å². The molecule has 0 unspecified atom stereocenters. The molecule has 0 aromatic heterocycles. The third-order valence-electron chi connectivity index (χ3n) is 3.33. The van der Waals surface area contributed by atoms with Gasteiger partial charge in [-0.1, -0.05) is 31.5 Å². The zero-order valence-corrected chi connectivity index (χ0v) is 12.0. The number of aliphatic hydroxyl groups is 1. The first-order valence-corrected chi connectivity index (χ1v) is 7.08. The van der Waals surface area contributed by atoms with Crippen LogP contribution in [0.2, 0.25) is 0 Å². The molecule has 2 rings (SSSR count). The summed E-state index contributed by atoms with van der Waals surface area (Å²) in [7, 11) is 0. The van der Waals surface area contributed by atoms with E-state index in [4.69, 9.17) is 5.11 Å². The molecule has 0 fully saturated rings. The van der Waals surface area contributed by atoms with Gasteiger partial charge in [-0.15, -0.1) is 0 Å². The number of rotatable bonds is 6. The first kappa shape index (κ1) is 15.4. The van der Waals surface area contributed by atoms with Gasteiger partial charge in [0.15, 0.2) is 0 Å². The highest BCUT2D eigenvalue weighted by Gasteiger charge is 2.19. The van der Waals surface area contributed by atoms with Crippen molar-refractivity contribution in [2.45, 2.75) is 26.4 Å². The van der Waals surface area contributed by atoms with E-state index in [0.717, 1.165) is 18.5 Å². The predicted octanol–water partition coefficient (Wildman–Crippen LogP) is 4.40. The Balaban J connectivity index is 2.46. The fraction of sp³-hybridized carbons (Fsp3) is 0.294. The number of hydrogen-bond acceptors (Lipinski definition) is 2. The van der Waals surface area contributed by atoms with Crippen LogP contribution in [0.3, 0.4) is 0 Å². The van der Waals surface area contributed by atoms with E-state index in [9.17, 15) is 8.78 Å². The van der Waals surface area contributed by atoms with Crippen molar-refractivity contribution in [2.24, 2.45) is 0 Å². The Labute approximate surface area is 123 Å². The monoisotopic (exact) mass is 291 g/mol. The molecule has 0 saturated heterocycles. The number of unbranched alkanes of at least 4 members (excludes halogenated alkanes) is 1. The molecule has 2 nitrogen and oxygen atoms in total. The summed E-state index contributed by atoms with van der Waals surface area (Å²) in [4.78, 5) is 1.65. The molecule has 4 heteroatoms. The normalized spacial score (nSPS) is 10.7. The second-order valence-electron chi connectivity index (χ2n) is 4.91. The van der Waals surface area contributed by atoms with Crippen molar-refractivity contribution in [3.8, 4) is 0 Å². The largest absolute Gasteiger partial charge is 0.392 e. The molecule has 0 amide bonds. The van der Waals surface area contributed by atoms with Crippen molar-refractivity contribution in [1.29, 1.82) is 0 Å². The summed E-state index contributed by atoms with van der Waals surface area (Å²) in [6, 6.07) is 11.6. The fourth-order valence-corrected chi connectivity index (χ4v) is 2.26. The Morgan fingerprint density at radius 2 is 1.67 bits per heavy atom. The van der Waals surface area contributed by atoms with Crippen LogP contribution in [-0.4, -0.2) is 11.7 Å². The first-order chi connectivity index (χ1) is 10.2. The highest BCUT2D eigenvalue weighted by molar-refractivity contribution is 5.64. The van der Waals surface area contributed by atoms with Crippen LogP contribution in [0.25, 0.3) is 0 Å². The number of hydrogen-bond donors (Lipinski definition) is 1. The zero-order valence-electron chi connectivity index (χ0n) is 12.0. The van der Waals surface area contributed by atoms with Gasteiger partial charge in [-0.3, -0.25) is 0 Å². The number of halogens is 2. The molecule has 2 aromatic carbocycles. The molecule has 0 atom stereocenters. The number of aliphatic hydroxyl groups excluding tert-OH is 1. The van der Waals surface area contributed by atoms with Gasteiger partial charge in [0.25, 0.3) is 0 Å². The summed E-state index contributed by atoms with van der Waals surface area (Å²) >= 11 is 0. The first-order valence-electron chi connectivity index (χ1n) is 7.08. The van der Waals surface area contributed by atoms with Gasteiger partial charge in [0, 0.05) is 12.2 Å². The molecule has 0 spiro atoms. The summed E-state index contributed by atoms with van der Waals surface area (Å²) in [6.07, 6.45) is 1.76. The highest BCUT2D eigenvalue weighted by Crippen LogP contribution is 2.31. The standard InChI is InChI=1S/C17H19F2NO/c1-2-3-9-20(14-7-5-4-6-8-14)17-15(18)10-13(12-21)11-16(17)19/h4-8,10-11,21H,2-3,9,12H2,1H3. The average molecular weight is 291 g/mol. The van der Waals surface area contributed by atoms with Crippen LogP contribution < -0.4 is 4.90 Å². The Morgan fingerprint density at radius 3 is 2.19 bits per heavy atom. The smallest absolute Gasteiger partial charge is 0.150 e. The second-order valence-corrected chi connectivity index (χ2v) is 4.91. The van der Waals surface area contributed by atoms with E-state index in [1.807, 2.05) is 37.3 Å². The van der Waals surface area contributed by atoms with Gasteiger partial charge in [-0.2, -0.15) is 0 Å². The SMILES string of the molecule is CCCCN(c1ccccc1)c1c(F)cc(CO)cc1F. The van der Waals surface area contributed by atoms with Crippen molar-refractivity contribution in [3.63, 3.8) is 0 Å². The highest BCUT2D eigenvalue weighted by atomic mass is 19.1. The third-order valence-corrected chi connectivity index (χ3v) is 3.33. The maximum Gasteiger partial charge on any atom is 0.150 e. The van der Waals surface area contributed by atoms with Crippen molar-refractivity contribution in [3.05, 3.63) is 59.7 Å². The molecule has 0 radical (unpaired) electrons. The van der Waals surface area contributed by atoms with E-state index >= 15 is 0 Å². The van der Waals surface area contributed by atoms with Gasteiger partial charge >= 0.3 is 0 Å². The second kappa shape index (κ2) is 7.18. The van der Waals surface area contributed by atoms with Crippen molar-refractivity contribution >= 4 is 11.4 Å². The van der Waals surface area contributed by atoms with E-state index in [1.165, 1.54) is 12.1 Å². The lowest BCUT2D eigenvalue weighted by molar-refractivity contribution is 0.280. The van der Waals surface area contributed by atoms with Crippen molar-refractivity contribution < 1.29 is 13.9 Å². The molecular weight excluding hydrogens is 272 g/mol. The third kappa shape index (κ3) is 3.58. The summed E-state index contributed by atoms with van der Waals surface area (Å²) < 4.78 is 28.5. The van der Waals surface area contributed by atoms with Crippen molar-refractivity contribution in [2.75, 3.05) is 11.4 Å². The number of benzene rings is 2. The minimum atomic E-state index is -0.654. The lowest BCUT2D eigenvalue weighted by Crippen LogP contribution is -2.21. The van der Waals surface area contributed by atoms with Gasteiger partial charge in [-0.25, -0.2) is 8.78 Å². The molecule has 0 heterocycles. The van der Waals surface area contributed by atoms with Crippen LogP contribution in [-0.2, 0) is 6.61 Å². The zero-order chi connectivity index (χ0) is 15.2. The Hall–Kier alpha value is -1.94. The molecule has 0 bridgehead atoms. The maximum atomic E-state index is 14.3. The van der Waals surface area contributed by atoms with Crippen LogP contribution in [0.1, 0.15) is 25.3 Å². The molecule has 1 N–H and O–H groups in total. The van der Waals surface area contributed by atoms with Crippen LogP contribution in [0.15, 0.2) is 42.5 Å². The Morgan fingerprint density at radius 1 is 1.05 bits per heavy atom. The summed E-state index contributed by atoms with van der Waals surface area (Å²) in [5.74, 6) is -1.31. The quantitative estimate of drug-likeness (QED) is 0.853. The predicted molar refractivity (Wildman–Crippen MR) is 80.6 cm³/mol. The lowest BCUT2D eigenvalue weighted by Gasteiger charge is -2.26. The van der Waals surface area contributed by atoms with E-state index < -0.39 is 11.6 Å². The van der Waals surface area contributed by atoms with Crippen LogP contribution in [0, 0.1) is 11.6 Å². The van der Waals surface area contributed by atoms with E-state index in [-0.39, 0.29) is 17.9 Å². The maximum absolute atomic E-state index is 14.3. The van der Waals surface area contributed by atoms with Gasteiger partial charge < -0.3 is 10.0 Å². The summed E-state index contributed by atoms with van der Waals surface area (Å²) in [5.41, 5.74) is 0.921. The molecule has 112 valence electrons. The average Bonchev–Trinajstić information content (AvgIpc) is 2.50. The molecule has 0 aliphatic rings. The fourth-order valence-electron chi connectivity index (χ4n) is 2.26. The molecule has 0 aliphatic carbocycles. The summed E-state index contributed by atoms with van der Waals surface area (Å²) in [5, 5.41) is 9.03. The van der Waals surface area contributed by atoms with E-state index in [1.54, 1.807) is 4.90 Å². The van der Waals surface area contributed by atoms with Gasteiger partial charge in [-0.05, 0) is 36.2 Å². The van der Waals surface area contributed by atoms with Gasteiger partial charge in [0.05, 0.1) is 6.61 Å². The molecular formula is C17H19F2NO. The molecule has 0 saturated carbocycles. The lowest BCUT2D eigenvalue weighted by atomic mass is 10.1. The minimum absolute atomic E-state index is 0.0631. The van der Waals surface area contributed by atoms with Crippen LogP contribution in [0.5, 0.6) is 0 Å². The minimum Gasteiger partial charge on any atom is -0.392 e. The van der Waals surface area contributed by atoms with Crippen molar-refractivity contribution in [1.82, 2.24) is 0 Å². The van der Waals surface area contributed by atoms with Gasteiger partial charge in [0.1, 0.15) is 17.3 Å². The van der Waals surface area contributed by atoms with E-state index in [0.29, 0.717) is 6.54 Å². The number of para-hydroxylation sites is 1.